The summed E-state index contributed by atoms with van der Waals surface area (Å²) in [6.07, 6.45) is 0.838. The van der Waals surface area contributed by atoms with Gasteiger partial charge in [-0.2, -0.15) is 0 Å². The first-order chi connectivity index (χ1) is 11.2. The van der Waals surface area contributed by atoms with Crippen molar-refractivity contribution in [2.24, 2.45) is 10.7 Å². The average Bonchev–Trinajstić information content (AvgIpc) is 2.58. The van der Waals surface area contributed by atoms with Gasteiger partial charge in [-0.1, -0.05) is 0 Å². The summed E-state index contributed by atoms with van der Waals surface area (Å²) in [6.45, 7) is 4.95. The van der Waals surface area contributed by atoms with Gasteiger partial charge in [-0.25, -0.2) is 0 Å². The molecule has 1 aromatic carbocycles. The van der Waals surface area contributed by atoms with Crippen molar-refractivity contribution in [1.82, 2.24) is 10.6 Å². The lowest BCUT2D eigenvalue weighted by Gasteiger charge is -2.08. The third kappa shape index (κ3) is 9.56. The number of halogens is 1. The number of nitrogens with zero attached hydrogens (tertiary/aromatic N) is 1. The van der Waals surface area contributed by atoms with Crippen LogP contribution in [0.25, 0.3) is 0 Å². The van der Waals surface area contributed by atoms with Crippen LogP contribution in [0, 0.1) is 0 Å². The molecule has 4 N–H and O–H groups in total. The van der Waals surface area contributed by atoms with Gasteiger partial charge < -0.3 is 25.8 Å². The Morgan fingerprint density at radius 3 is 2.50 bits per heavy atom. The highest BCUT2D eigenvalue weighted by Crippen LogP contribution is 2.10. The number of nitrogens with two attached hydrogens (primary N) is 1. The second-order valence-electron chi connectivity index (χ2n) is 4.73. The second kappa shape index (κ2) is 13.8. The van der Waals surface area contributed by atoms with Crippen molar-refractivity contribution in [2.45, 2.75) is 13.3 Å². The first kappa shape index (κ1) is 22.4. The van der Waals surface area contributed by atoms with Crippen LogP contribution in [0.4, 0.5) is 0 Å². The van der Waals surface area contributed by atoms with E-state index < -0.39 is 0 Å². The number of carbonyl (C=O) groups excluding carboxylic acids is 1. The molecule has 0 aliphatic heterocycles. The largest absolute Gasteiger partial charge is 0.497 e. The van der Waals surface area contributed by atoms with E-state index in [-0.39, 0.29) is 29.9 Å². The zero-order valence-corrected chi connectivity index (χ0v) is 16.5. The highest BCUT2D eigenvalue weighted by molar-refractivity contribution is 14.0. The predicted octanol–water partition coefficient (Wildman–Crippen LogP) is 1.37. The minimum atomic E-state index is -0.137. The van der Waals surface area contributed by atoms with Crippen LogP contribution in [-0.2, 0) is 4.74 Å². The number of hydrogen-bond donors (Lipinski definition) is 3. The molecule has 136 valence electrons. The van der Waals surface area contributed by atoms with Gasteiger partial charge >= 0.3 is 0 Å². The SMILES string of the molecule is CCOCCCN=C(N)NCCNC(=O)c1ccc(OC)cc1.I. The highest BCUT2D eigenvalue weighted by Gasteiger charge is 2.04. The molecule has 1 amide bonds. The molecule has 0 aromatic heterocycles. The Balaban J connectivity index is 0.00000529. The van der Waals surface area contributed by atoms with Gasteiger partial charge in [-0.05, 0) is 37.6 Å². The average molecular weight is 450 g/mol. The lowest BCUT2D eigenvalue weighted by molar-refractivity contribution is 0.0954. The van der Waals surface area contributed by atoms with Crippen LogP contribution < -0.4 is 21.1 Å². The molecular weight excluding hydrogens is 423 g/mol. The fourth-order valence-corrected chi connectivity index (χ4v) is 1.78. The minimum Gasteiger partial charge on any atom is -0.497 e. The van der Waals surface area contributed by atoms with Gasteiger partial charge in [0.05, 0.1) is 7.11 Å². The Hall–Kier alpha value is -1.55. The Morgan fingerprint density at radius 2 is 1.88 bits per heavy atom. The standard InChI is InChI=1S/C16H26N4O3.HI/c1-3-23-12-4-9-19-16(17)20-11-10-18-15(21)13-5-7-14(22-2)8-6-13;/h5-8H,3-4,9-12H2,1-2H3,(H,18,21)(H3,17,19,20);1H. The van der Waals surface area contributed by atoms with E-state index in [1.54, 1.807) is 31.4 Å². The quantitative estimate of drug-likeness (QED) is 0.217. The monoisotopic (exact) mass is 450 g/mol. The Morgan fingerprint density at radius 1 is 1.21 bits per heavy atom. The first-order valence-corrected chi connectivity index (χ1v) is 7.71. The van der Waals surface area contributed by atoms with Crippen molar-refractivity contribution >= 4 is 35.8 Å². The van der Waals surface area contributed by atoms with E-state index in [1.165, 1.54) is 0 Å². The van der Waals surface area contributed by atoms with Crippen LogP contribution in [0.2, 0.25) is 0 Å². The third-order valence-electron chi connectivity index (χ3n) is 3.00. The fourth-order valence-electron chi connectivity index (χ4n) is 1.78. The maximum Gasteiger partial charge on any atom is 0.251 e. The Labute approximate surface area is 160 Å². The molecule has 0 unspecified atom stereocenters. The van der Waals surface area contributed by atoms with Crippen molar-refractivity contribution < 1.29 is 14.3 Å². The van der Waals surface area contributed by atoms with Gasteiger partial charge in [-0.3, -0.25) is 9.79 Å². The van der Waals surface area contributed by atoms with Crippen LogP contribution >= 0.6 is 24.0 Å². The second-order valence-corrected chi connectivity index (χ2v) is 4.73. The Bertz CT molecular complexity index is 495. The van der Waals surface area contributed by atoms with Crippen LogP contribution in [0.3, 0.4) is 0 Å². The number of amides is 1. The number of ether oxygens (including phenoxy) is 2. The molecule has 1 aromatic rings. The van der Waals surface area contributed by atoms with Crippen molar-refractivity contribution in [3.63, 3.8) is 0 Å². The topological polar surface area (TPSA) is 98.0 Å². The van der Waals surface area contributed by atoms with Crippen LogP contribution in [0.1, 0.15) is 23.7 Å². The van der Waals surface area contributed by atoms with Gasteiger partial charge in [0.2, 0.25) is 0 Å². The predicted molar refractivity (Wildman–Crippen MR) is 106 cm³/mol. The van der Waals surface area contributed by atoms with Gasteiger partial charge in [0.1, 0.15) is 5.75 Å². The third-order valence-corrected chi connectivity index (χ3v) is 3.00. The van der Waals surface area contributed by atoms with Crippen LogP contribution in [-0.4, -0.2) is 51.8 Å². The maximum atomic E-state index is 11.9. The molecule has 0 aliphatic carbocycles. The number of methoxy groups -OCH3 is 1. The molecule has 0 heterocycles. The van der Waals surface area contributed by atoms with E-state index >= 15 is 0 Å². The molecule has 0 atom stereocenters. The zero-order valence-electron chi connectivity index (χ0n) is 14.2. The lowest BCUT2D eigenvalue weighted by Crippen LogP contribution is -2.38. The molecule has 24 heavy (non-hydrogen) atoms. The van der Waals surface area contributed by atoms with Crippen LogP contribution in [0.15, 0.2) is 29.3 Å². The van der Waals surface area contributed by atoms with E-state index in [9.17, 15) is 4.79 Å². The summed E-state index contributed by atoms with van der Waals surface area (Å²) in [5.41, 5.74) is 6.31. The summed E-state index contributed by atoms with van der Waals surface area (Å²) >= 11 is 0. The molecule has 0 spiro atoms. The van der Waals surface area contributed by atoms with E-state index in [4.69, 9.17) is 15.2 Å². The number of aliphatic imine (C=N–C) groups is 1. The lowest BCUT2D eigenvalue weighted by atomic mass is 10.2. The summed E-state index contributed by atoms with van der Waals surface area (Å²) in [6, 6.07) is 6.94. The molecule has 0 fully saturated rings. The maximum absolute atomic E-state index is 11.9. The summed E-state index contributed by atoms with van der Waals surface area (Å²) < 4.78 is 10.3. The molecule has 7 nitrogen and oxygen atoms in total. The molecule has 1 rings (SSSR count). The minimum absolute atomic E-state index is 0. The molecule has 0 saturated carbocycles. The van der Waals surface area contributed by atoms with E-state index in [1.807, 2.05) is 6.92 Å². The molecule has 8 heteroatoms. The smallest absolute Gasteiger partial charge is 0.251 e. The van der Waals surface area contributed by atoms with E-state index in [0.717, 1.165) is 12.2 Å². The molecule has 0 aliphatic rings. The summed E-state index contributed by atoms with van der Waals surface area (Å²) in [7, 11) is 1.59. The fraction of sp³-hybridized carbons (Fsp3) is 0.500. The van der Waals surface area contributed by atoms with Gasteiger partial charge in [0.15, 0.2) is 5.96 Å². The number of hydrogen-bond acceptors (Lipinski definition) is 4. The van der Waals surface area contributed by atoms with Gasteiger partial charge in [-0.15, -0.1) is 24.0 Å². The number of carbonyl (C=O) groups is 1. The number of benzene rings is 1. The van der Waals surface area contributed by atoms with Crippen molar-refractivity contribution in [2.75, 3.05) is 40.0 Å². The molecule has 0 saturated heterocycles. The van der Waals surface area contributed by atoms with E-state index in [2.05, 4.69) is 15.6 Å². The number of nitrogens with one attached hydrogen (secondary N) is 2. The Kier molecular flexibility index (Phi) is 13.0. The first-order valence-electron chi connectivity index (χ1n) is 7.71. The van der Waals surface area contributed by atoms with Crippen LogP contribution in [0.5, 0.6) is 5.75 Å². The summed E-state index contributed by atoms with van der Waals surface area (Å²) in [5, 5.41) is 5.75. The number of guanidine groups is 1. The molecule has 0 bridgehead atoms. The summed E-state index contributed by atoms with van der Waals surface area (Å²) in [5.74, 6) is 0.957. The molecule has 0 radical (unpaired) electrons. The molecular formula is C16H27IN4O3. The van der Waals surface area contributed by atoms with Gasteiger partial charge in [0.25, 0.3) is 5.91 Å². The van der Waals surface area contributed by atoms with Crippen molar-refractivity contribution in [3.05, 3.63) is 29.8 Å². The number of rotatable bonds is 10. The highest BCUT2D eigenvalue weighted by atomic mass is 127. The van der Waals surface area contributed by atoms with Crippen molar-refractivity contribution in [1.29, 1.82) is 0 Å². The normalized spacial score (nSPS) is 10.7. The zero-order chi connectivity index (χ0) is 16.9. The van der Waals surface area contributed by atoms with E-state index in [0.29, 0.717) is 44.4 Å². The van der Waals surface area contributed by atoms with Gasteiger partial charge in [0, 0.05) is 38.4 Å². The summed E-state index contributed by atoms with van der Waals surface area (Å²) in [4.78, 5) is 16.1. The van der Waals surface area contributed by atoms with Crippen molar-refractivity contribution in [3.8, 4) is 5.75 Å².